The normalized spacial score (nSPS) is 20.4. The molecule has 1 rings (SSSR count). The third kappa shape index (κ3) is 4.41. The summed E-state index contributed by atoms with van der Waals surface area (Å²) in [5.41, 5.74) is 0. The number of piperidine rings is 1. The van der Waals surface area contributed by atoms with Gasteiger partial charge in [-0.3, -0.25) is 9.59 Å². The Balaban J connectivity index is 2.27. The second kappa shape index (κ2) is 6.86. The number of nitrogens with one attached hydrogen (secondary N) is 2. The zero-order chi connectivity index (χ0) is 12.7. The standard InChI is InChI=1S/C11H18N4O2/c1-15-7-3-2-4-9(15)8-14-11(17)10(16)13-6-5-12/h9H,2-4,6-8H2,1H3,(H,13,16)(H,14,17). The lowest BCUT2D eigenvalue weighted by Gasteiger charge is -2.32. The fourth-order valence-corrected chi connectivity index (χ4v) is 1.89. The Bertz CT molecular complexity index is 324. The number of hydrogen-bond donors (Lipinski definition) is 2. The summed E-state index contributed by atoms with van der Waals surface area (Å²) in [6, 6.07) is 2.05. The van der Waals surface area contributed by atoms with E-state index in [9.17, 15) is 9.59 Å². The highest BCUT2D eigenvalue weighted by molar-refractivity contribution is 6.35. The van der Waals surface area contributed by atoms with Crippen LogP contribution in [-0.2, 0) is 9.59 Å². The Morgan fingerprint density at radius 2 is 2.06 bits per heavy atom. The van der Waals surface area contributed by atoms with Crippen LogP contribution in [0.2, 0.25) is 0 Å². The van der Waals surface area contributed by atoms with Gasteiger partial charge in [0.2, 0.25) is 0 Å². The number of rotatable bonds is 3. The Hall–Kier alpha value is -1.61. The molecule has 6 heteroatoms. The highest BCUT2D eigenvalue weighted by Gasteiger charge is 2.20. The number of nitriles is 1. The van der Waals surface area contributed by atoms with E-state index >= 15 is 0 Å². The van der Waals surface area contributed by atoms with Gasteiger partial charge in [0.15, 0.2) is 0 Å². The Kier molecular flexibility index (Phi) is 5.43. The molecule has 1 aliphatic rings. The summed E-state index contributed by atoms with van der Waals surface area (Å²) in [5.74, 6) is -1.41. The lowest BCUT2D eigenvalue weighted by atomic mass is 10.0. The third-order valence-electron chi connectivity index (χ3n) is 2.95. The van der Waals surface area contributed by atoms with E-state index in [2.05, 4.69) is 15.5 Å². The van der Waals surface area contributed by atoms with Crippen molar-refractivity contribution >= 4 is 11.8 Å². The van der Waals surface area contributed by atoms with E-state index in [1.54, 1.807) is 6.07 Å². The van der Waals surface area contributed by atoms with Crippen LogP contribution in [0, 0.1) is 11.3 Å². The highest BCUT2D eigenvalue weighted by Crippen LogP contribution is 2.13. The van der Waals surface area contributed by atoms with Crippen molar-refractivity contribution in [2.75, 3.05) is 26.7 Å². The van der Waals surface area contributed by atoms with E-state index in [1.807, 2.05) is 7.05 Å². The summed E-state index contributed by atoms with van der Waals surface area (Å²) in [6.07, 6.45) is 3.38. The van der Waals surface area contributed by atoms with E-state index < -0.39 is 11.8 Å². The molecular weight excluding hydrogens is 220 g/mol. The minimum absolute atomic E-state index is 0.143. The predicted octanol–water partition coefficient (Wildman–Crippen LogP) is -0.773. The van der Waals surface area contributed by atoms with Crippen molar-refractivity contribution in [1.29, 1.82) is 5.26 Å². The molecule has 6 nitrogen and oxygen atoms in total. The average molecular weight is 238 g/mol. The first-order chi connectivity index (χ1) is 8.15. The lowest BCUT2D eigenvalue weighted by molar-refractivity contribution is -0.139. The molecule has 2 N–H and O–H groups in total. The summed E-state index contributed by atoms with van der Waals surface area (Å²) in [5, 5.41) is 13.1. The first-order valence-electron chi connectivity index (χ1n) is 5.78. The molecule has 1 fully saturated rings. The molecule has 1 heterocycles. The van der Waals surface area contributed by atoms with Gasteiger partial charge in [0, 0.05) is 12.6 Å². The number of likely N-dealkylation sites (N-methyl/N-ethyl adjacent to an activating group) is 1. The summed E-state index contributed by atoms with van der Waals surface area (Å²) in [6.45, 7) is 1.37. The quantitative estimate of drug-likeness (QED) is 0.499. The van der Waals surface area contributed by atoms with Gasteiger partial charge in [-0.05, 0) is 26.4 Å². The predicted molar refractivity (Wildman–Crippen MR) is 61.9 cm³/mol. The van der Waals surface area contributed by atoms with Crippen LogP contribution >= 0.6 is 0 Å². The Morgan fingerprint density at radius 3 is 2.71 bits per heavy atom. The van der Waals surface area contributed by atoms with Gasteiger partial charge in [-0.25, -0.2) is 0 Å². The minimum Gasteiger partial charge on any atom is -0.346 e. The summed E-state index contributed by atoms with van der Waals surface area (Å²) in [7, 11) is 2.02. The number of carbonyl (C=O) groups excluding carboxylic acids is 2. The van der Waals surface area contributed by atoms with Crippen LogP contribution in [0.3, 0.4) is 0 Å². The van der Waals surface area contributed by atoms with Gasteiger partial charge in [-0.2, -0.15) is 5.26 Å². The lowest BCUT2D eigenvalue weighted by Crippen LogP contribution is -2.48. The molecular formula is C11H18N4O2. The molecule has 1 aliphatic heterocycles. The maximum absolute atomic E-state index is 11.3. The van der Waals surface area contributed by atoms with Crippen LogP contribution in [0.15, 0.2) is 0 Å². The molecule has 94 valence electrons. The molecule has 1 atom stereocenters. The zero-order valence-electron chi connectivity index (χ0n) is 10.0. The molecule has 0 spiro atoms. The van der Waals surface area contributed by atoms with Crippen LogP contribution in [0.5, 0.6) is 0 Å². The van der Waals surface area contributed by atoms with Crippen molar-refractivity contribution in [2.45, 2.75) is 25.3 Å². The van der Waals surface area contributed by atoms with E-state index in [0.717, 1.165) is 19.4 Å². The van der Waals surface area contributed by atoms with Crippen LogP contribution < -0.4 is 10.6 Å². The molecule has 0 aromatic heterocycles. The molecule has 1 saturated heterocycles. The molecule has 0 aromatic carbocycles. The second-order valence-corrected chi connectivity index (χ2v) is 4.18. The molecule has 17 heavy (non-hydrogen) atoms. The van der Waals surface area contributed by atoms with E-state index in [-0.39, 0.29) is 6.54 Å². The molecule has 0 saturated carbocycles. The number of nitrogens with zero attached hydrogens (tertiary/aromatic N) is 2. The maximum atomic E-state index is 11.3. The molecule has 0 aromatic rings. The molecule has 2 amide bonds. The molecule has 0 bridgehead atoms. The van der Waals surface area contributed by atoms with E-state index in [1.165, 1.54) is 6.42 Å². The van der Waals surface area contributed by atoms with Gasteiger partial charge in [0.05, 0.1) is 6.07 Å². The SMILES string of the molecule is CN1CCCCC1CNC(=O)C(=O)NCC#N. The third-order valence-corrected chi connectivity index (χ3v) is 2.95. The number of likely N-dealkylation sites (tertiary alicyclic amines) is 1. The Morgan fingerprint density at radius 1 is 1.35 bits per heavy atom. The van der Waals surface area contributed by atoms with Gasteiger partial charge < -0.3 is 15.5 Å². The highest BCUT2D eigenvalue weighted by atomic mass is 16.2. The van der Waals surface area contributed by atoms with Crippen LogP contribution in [0.4, 0.5) is 0 Å². The second-order valence-electron chi connectivity index (χ2n) is 4.18. The van der Waals surface area contributed by atoms with Gasteiger partial charge in [-0.1, -0.05) is 6.42 Å². The van der Waals surface area contributed by atoms with Gasteiger partial charge in [-0.15, -0.1) is 0 Å². The Labute approximate surface area is 101 Å². The van der Waals surface area contributed by atoms with Crippen molar-refractivity contribution in [3.8, 4) is 6.07 Å². The van der Waals surface area contributed by atoms with Crippen molar-refractivity contribution in [3.05, 3.63) is 0 Å². The number of carbonyl (C=O) groups is 2. The van der Waals surface area contributed by atoms with Crippen molar-refractivity contribution in [1.82, 2.24) is 15.5 Å². The minimum atomic E-state index is -0.745. The molecule has 1 unspecified atom stereocenters. The first kappa shape index (κ1) is 13.5. The van der Waals surface area contributed by atoms with Gasteiger partial charge in [0.25, 0.3) is 0 Å². The summed E-state index contributed by atoms with van der Waals surface area (Å²) >= 11 is 0. The largest absolute Gasteiger partial charge is 0.346 e. The van der Waals surface area contributed by atoms with Crippen molar-refractivity contribution in [2.24, 2.45) is 0 Å². The fourth-order valence-electron chi connectivity index (χ4n) is 1.89. The molecule has 0 radical (unpaired) electrons. The van der Waals surface area contributed by atoms with Crippen LogP contribution in [0.25, 0.3) is 0 Å². The summed E-state index contributed by atoms with van der Waals surface area (Å²) < 4.78 is 0. The van der Waals surface area contributed by atoms with Crippen LogP contribution in [-0.4, -0.2) is 49.4 Å². The van der Waals surface area contributed by atoms with E-state index in [0.29, 0.717) is 12.6 Å². The van der Waals surface area contributed by atoms with Crippen molar-refractivity contribution in [3.63, 3.8) is 0 Å². The van der Waals surface area contributed by atoms with Gasteiger partial charge >= 0.3 is 11.8 Å². The first-order valence-corrected chi connectivity index (χ1v) is 5.78. The van der Waals surface area contributed by atoms with Crippen molar-refractivity contribution < 1.29 is 9.59 Å². The smallest absolute Gasteiger partial charge is 0.310 e. The monoisotopic (exact) mass is 238 g/mol. The van der Waals surface area contributed by atoms with Gasteiger partial charge in [0.1, 0.15) is 6.54 Å². The topological polar surface area (TPSA) is 85.2 Å². The zero-order valence-corrected chi connectivity index (χ0v) is 10.0. The average Bonchev–Trinajstić information content (AvgIpc) is 2.34. The number of hydrogen-bond acceptors (Lipinski definition) is 4. The molecule has 0 aliphatic carbocycles. The maximum Gasteiger partial charge on any atom is 0.310 e. The summed E-state index contributed by atoms with van der Waals surface area (Å²) in [4.78, 5) is 24.7. The number of amides is 2. The van der Waals surface area contributed by atoms with Crippen LogP contribution in [0.1, 0.15) is 19.3 Å². The fraction of sp³-hybridized carbons (Fsp3) is 0.727. The van der Waals surface area contributed by atoms with E-state index in [4.69, 9.17) is 5.26 Å².